The highest BCUT2D eigenvalue weighted by molar-refractivity contribution is 7.90. The van der Waals surface area contributed by atoms with Crippen LogP contribution in [0.4, 0.5) is 0 Å². The molecule has 0 saturated carbocycles. The molecule has 0 aliphatic carbocycles. The number of hydrogen-bond acceptors (Lipinski definition) is 3. The third-order valence-electron chi connectivity index (χ3n) is 3.21. The van der Waals surface area contributed by atoms with Gasteiger partial charge in [-0.1, -0.05) is 30.7 Å². The smallest absolute Gasteiger partial charge is 0.154 e. The lowest BCUT2D eigenvalue weighted by atomic mass is 10.1. The number of nitrogens with one attached hydrogen (secondary N) is 1. The van der Waals surface area contributed by atoms with Gasteiger partial charge in [-0.15, -0.1) is 0 Å². The van der Waals surface area contributed by atoms with Gasteiger partial charge in [0.25, 0.3) is 0 Å². The SMILES string of the molecule is CCC(CCCS(=O)(=O)Cc1ccc(Cl)cc1)NC. The molecule has 1 rings (SSSR count). The molecule has 0 saturated heterocycles. The first-order chi connectivity index (χ1) is 8.96. The second-order valence-electron chi connectivity index (χ2n) is 4.75. The van der Waals surface area contributed by atoms with Gasteiger partial charge in [0, 0.05) is 11.1 Å². The Morgan fingerprint density at radius 2 is 1.89 bits per heavy atom. The van der Waals surface area contributed by atoms with E-state index in [2.05, 4.69) is 12.2 Å². The van der Waals surface area contributed by atoms with E-state index in [9.17, 15) is 8.42 Å². The molecule has 1 aromatic rings. The zero-order valence-corrected chi connectivity index (χ0v) is 13.1. The summed E-state index contributed by atoms with van der Waals surface area (Å²) in [5.41, 5.74) is 0.796. The van der Waals surface area contributed by atoms with Crippen LogP contribution in [0, 0.1) is 0 Å². The van der Waals surface area contributed by atoms with Crippen LogP contribution in [0.1, 0.15) is 31.7 Å². The van der Waals surface area contributed by atoms with Crippen molar-refractivity contribution in [1.82, 2.24) is 5.32 Å². The Labute approximate surface area is 121 Å². The number of sulfone groups is 1. The summed E-state index contributed by atoms with van der Waals surface area (Å²) in [5, 5.41) is 3.81. The van der Waals surface area contributed by atoms with Crippen LogP contribution in [0.15, 0.2) is 24.3 Å². The molecule has 1 atom stereocenters. The predicted molar refractivity (Wildman–Crippen MR) is 81.3 cm³/mol. The van der Waals surface area contributed by atoms with E-state index in [1.807, 2.05) is 7.05 Å². The highest BCUT2D eigenvalue weighted by Gasteiger charge is 2.13. The molecule has 0 aromatic heterocycles. The average molecular weight is 304 g/mol. The van der Waals surface area contributed by atoms with Crippen LogP contribution in [0.3, 0.4) is 0 Å². The fourth-order valence-electron chi connectivity index (χ4n) is 2.01. The van der Waals surface area contributed by atoms with Gasteiger partial charge >= 0.3 is 0 Å². The Balaban J connectivity index is 2.46. The highest BCUT2D eigenvalue weighted by Crippen LogP contribution is 2.13. The molecule has 0 aliphatic rings. The van der Waals surface area contributed by atoms with Crippen molar-refractivity contribution in [2.75, 3.05) is 12.8 Å². The van der Waals surface area contributed by atoms with E-state index < -0.39 is 9.84 Å². The Hall–Kier alpha value is -0.580. The third-order valence-corrected chi connectivity index (χ3v) is 5.14. The topological polar surface area (TPSA) is 46.2 Å². The predicted octanol–water partition coefficient (Wildman–Crippen LogP) is 3.03. The highest BCUT2D eigenvalue weighted by atomic mass is 35.5. The van der Waals surface area contributed by atoms with Crippen molar-refractivity contribution in [3.8, 4) is 0 Å². The lowest BCUT2D eigenvalue weighted by Gasteiger charge is -2.13. The zero-order valence-electron chi connectivity index (χ0n) is 11.5. The molecule has 19 heavy (non-hydrogen) atoms. The van der Waals surface area contributed by atoms with Gasteiger partial charge < -0.3 is 5.32 Å². The van der Waals surface area contributed by atoms with E-state index in [1.165, 1.54) is 0 Å². The number of hydrogen-bond donors (Lipinski definition) is 1. The van der Waals surface area contributed by atoms with Gasteiger partial charge in [0.05, 0.1) is 11.5 Å². The first-order valence-corrected chi connectivity index (χ1v) is 8.79. The fourth-order valence-corrected chi connectivity index (χ4v) is 3.59. The molecule has 0 amide bonds. The lowest BCUT2D eigenvalue weighted by molar-refractivity contribution is 0.500. The molecule has 1 aromatic carbocycles. The maximum absolute atomic E-state index is 12.0. The van der Waals surface area contributed by atoms with Crippen molar-refractivity contribution in [2.24, 2.45) is 0 Å². The molecule has 0 spiro atoms. The van der Waals surface area contributed by atoms with Crippen molar-refractivity contribution < 1.29 is 8.42 Å². The molecule has 1 N–H and O–H groups in total. The van der Waals surface area contributed by atoms with Gasteiger partial charge in [0.15, 0.2) is 9.84 Å². The van der Waals surface area contributed by atoms with Crippen LogP contribution in [-0.2, 0) is 15.6 Å². The molecule has 0 radical (unpaired) electrons. The van der Waals surface area contributed by atoms with Crippen molar-refractivity contribution in [3.63, 3.8) is 0 Å². The summed E-state index contributed by atoms with van der Waals surface area (Å²) < 4.78 is 24.0. The number of rotatable bonds is 8. The molecule has 0 heterocycles. The lowest BCUT2D eigenvalue weighted by Crippen LogP contribution is -2.25. The monoisotopic (exact) mass is 303 g/mol. The Morgan fingerprint density at radius 3 is 2.42 bits per heavy atom. The minimum absolute atomic E-state index is 0.0977. The molecule has 0 aliphatic heterocycles. The Morgan fingerprint density at radius 1 is 1.26 bits per heavy atom. The Kier molecular flexibility index (Phi) is 6.83. The summed E-state index contributed by atoms with van der Waals surface area (Å²) in [6, 6.07) is 7.39. The average Bonchev–Trinajstić information content (AvgIpc) is 2.37. The van der Waals surface area contributed by atoms with Crippen LogP contribution >= 0.6 is 11.6 Å². The summed E-state index contributed by atoms with van der Waals surface area (Å²) in [5.74, 6) is 0.342. The second kappa shape index (κ2) is 7.88. The van der Waals surface area contributed by atoms with Crippen molar-refractivity contribution in [3.05, 3.63) is 34.9 Å². The summed E-state index contributed by atoms with van der Waals surface area (Å²) in [7, 11) is -1.12. The maximum Gasteiger partial charge on any atom is 0.154 e. The first kappa shape index (κ1) is 16.5. The van der Waals surface area contributed by atoms with Gasteiger partial charge in [-0.25, -0.2) is 8.42 Å². The standard InChI is InChI=1S/C14H22ClNO2S/c1-3-14(16-2)5-4-10-19(17,18)11-12-6-8-13(15)9-7-12/h6-9,14,16H,3-5,10-11H2,1-2H3. The number of benzene rings is 1. The second-order valence-corrected chi connectivity index (χ2v) is 7.38. The van der Waals surface area contributed by atoms with Crippen LogP contribution in [-0.4, -0.2) is 27.3 Å². The normalized spacial score (nSPS) is 13.4. The summed E-state index contributed by atoms with van der Waals surface area (Å²) >= 11 is 5.78. The van der Waals surface area contributed by atoms with Crippen molar-refractivity contribution in [2.45, 2.75) is 38.0 Å². The van der Waals surface area contributed by atoms with E-state index in [0.717, 1.165) is 18.4 Å². The van der Waals surface area contributed by atoms with Crippen molar-refractivity contribution >= 4 is 21.4 Å². The fraction of sp³-hybridized carbons (Fsp3) is 0.571. The minimum atomic E-state index is -3.03. The summed E-state index contributed by atoms with van der Waals surface area (Å²) in [4.78, 5) is 0. The quantitative estimate of drug-likeness (QED) is 0.803. The van der Waals surface area contributed by atoms with E-state index in [-0.39, 0.29) is 11.5 Å². The molecular weight excluding hydrogens is 282 g/mol. The minimum Gasteiger partial charge on any atom is -0.317 e. The maximum atomic E-state index is 12.0. The first-order valence-electron chi connectivity index (χ1n) is 6.59. The molecule has 5 heteroatoms. The Bertz CT molecular complexity index is 467. The largest absolute Gasteiger partial charge is 0.317 e. The molecule has 0 fully saturated rings. The van der Waals surface area contributed by atoms with E-state index in [1.54, 1.807) is 24.3 Å². The van der Waals surface area contributed by atoms with Gasteiger partial charge in [-0.2, -0.15) is 0 Å². The van der Waals surface area contributed by atoms with E-state index in [0.29, 0.717) is 17.5 Å². The molecule has 108 valence electrons. The number of halogens is 1. The van der Waals surface area contributed by atoms with E-state index >= 15 is 0 Å². The van der Waals surface area contributed by atoms with Gasteiger partial charge in [-0.05, 0) is 44.0 Å². The zero-order chi connectivity index (χ0) is 14.3. The van der Waals surface area contributed by atoms with Gasteiger partial charge in [0.1, 0.15) is 0 Å². The summed E-state index contributed by atoms with van der Waals surface area (Å²) in [6.07, 6.45) is 2.62. The van der Waals surface area contributed by atoms with Crippen LogP contribution in [0.25, 0.3) is 0 Å². The summed E-state index contributed by atoms with van der Waals surface area (Å²) in [6.45, 7) is 2.10. The third kappa shape index (κ3) is 6.41. The van der Waals surface area contributed by atoms with Gasteiger partial charge in [-0.3, -0.25) is 0 Å². The van der Waals surface area contributed by atoms with E-state index in [4.69, 9.17) is 11.6 Å². The van der Waals surface area contributed by atoms with Crippen LogP contribution in [0.5, 0.6) is 0 Å². The molecule has 3 nitrogen and oxygen atoms in total. The van der Waals surface area contributed by atoms with Crippen molar-refractivity contribution in [1.29, 1.82) is 0 Å². The van der Waals surface area contributed by atoms with Crippen LogP contribution in [0.2, 0.25) is 5.02 Å². The molecular formula is C14H22ClNO2S. The molecule has 0 bridgehead atoms. The van der Waals surface area contributed by atoms with Gasteiger partial charge in [0.2, 0.25) is 0 Å². The van der Waals surface area contributed by atoms with Crippen LogP contribution < -0.4 is 5.32 Å². The molecule has 1 unspecified atom stereocenters.